The van der Waals surface area contributed by atoms with Gasteiger partial charge < -0.3 is 0 Å². The van der Waals surface area contributed by atoms with Gasteiger partial charge in [0.25, 0.3) is 0 Å². The van der Waals surface area contributed by atoms with Crippen molar-refractivity contribution in [3.8, 4) is 0 Å². The lowest BCUT2D eigenvalue weighted by Gasteiger charge is -2.12. The van der Waals surface area contributed by atoms with Gasteiger partial charge in [-0.1, -0.05) is 53.0 Å². The molecule has 0 amide bonds. The predicted octanol–water partition coefficient (Wildman–Crippen LogP) is 2.94. The summed E-state index contributed by atoms with van der Waals surface area (Å²) in [6.45, 7) is 0.389. The molecule has 5 heteroatoms. The summed E-state index contributed by atoms with van der Waals surface area (Å²) < 4.78 is 26.8. The lowest BCUT2D eigenvalue weighted by atomic mass is 10.1. The van der Waals surface area contributed by atoms with Gasteiger partial charge in [-0.2, -0.15) is 0 Å². The van der Waals surface area contributed by atoms with E-state index in [9.17, 15) is 8.42 Å². The Morgan fingerprint density at radius 1 is 1.22 bits per heavy atom. The van der Waals surface area contributed by atoms with Gasteiger partial charge in [0.05, 0.1) is 5.25 Å². The van der Waals surface area contributed by atoms with Crippen molar-refractivity contribution in [1.82, 2.24) is 4.72 Å². The first-order chi connectivity index (χ1) is 8.62. The van der Waals surface area contributed by atoms with Gasteiger partial charge in [0.15, 0.2) is 0 Å². The Balaban J connectivity index is 1.97. The zero-order valence-electron chi connectivity index (χ0n) is 10.2. The Morgan fingerprint density at radius 2 is 1.89 bits per heavy atom. The fourth-order valence-electron chi connectivity index (χ4n) is 2.32. The van der Waals surface area contributed by atoms with Gasteiger partial charge in [-0.3, -0.25) is 0 Å². The van der Waals surface area contributed by atoms with E-state index in [1.165, 1.54) is 0 Å². The Labute approximate surface area is 117 Å². The molecule has 1 aromatic rings. The molecule has 3 nitrogen and oxygen atoms in total. The number of hydrogen-bond acceptors (Lipinski definition) is 2. The fourth-order valence-corrected chi connectivity index (χ4v) is 4.23. The lowest BCUT2D eigenvalue weighted by molar-refractivity contribution is 0.564. The van der Waals surface area contributed by atoms with Crippen LogP contribution < -0.4 is 4.72 Å². The summed E-state index contributed by atoms with van der Waals surface area (Å²) in [4.78, 5) is 0. The summed E-state index contributed by atoms with van der Waals surface area (Å²) in [6, 6.07) is 7.94. The molecule has 1 aromatic carbocycles. The summed E-state index contributed by atoms with van der Waals surface area (Å²) in [5, 5.41) is 0.604. The Kier molecular flexibility index (Phi) is 4.81. The topological polar surface area (TPSA) is 46.2 Å². The average Bonchev–Trinajstić information content (AvgIpc) is 2.91. The van der Waals surface area contributed by atoms with Crippen LogP contribution in [0.3, 0.4) is 0 Å². The highest BCUT2D eigenvalue weighted by atomic mass is 79.9. The van der Waals surface area contributed by atoms with E-state index in [-0.39, 0.29) is 5.25 Å². The van der Waals surface area contributed by atoms with Gasteiger partial charge in [-0.25, -0.2) is 13.1 Å². The minimum Gasteiger partial charge on any atom is -0.212 e. The van der Waals surface area contributed by atoms with E-state index in [4.69, 9.17) is 0 Å². The molecule has 1 aliphatic rings. The molecule has 1 aliphatic carbocycles. The van der Waals surface area contributed by atoms with E-state index in [0.29, 0.717) is 6.54 Å². The zero-order valence-corrected chi connectivity index (χ0v) is 12.6. The Hall–Kier alpha value is -0.390. The molecule has 0 atom stereocenters. The van der Waals surface area contributed by atoms with E-state index >= 15 is 0 Å². The molecule has 1 saturated carbocycles. The van der Waals surface area contributed by atoms with Crippen molar-refractivity contribution < 1.29 is 8.42 Å². The van der Waals surface area contributed by atoms with Crippen LogP contribution in [0.2, 0.25) is 0 Å². The molecular weight excluding hydrogens is 314 g/mol. The van der Waals surface area contributed by atoms with Crippen molar-refractivity contribution in [2.45, 2.75) is 42.8 Å². The van der Waals surface area contributed by atoms with Crippen molar-refractivity contribution >= 4 is 26.0 Å². The van der Waals surface area contributed by atoms with E-state index in [1.807, 2.05) is 24.3 Å². The van der Waals surface area contributed by atoms with E-state index in [0.717, 1.165) is 42.1 Å². The fraction of sp³-hybridized carbons (Fsp3) is 0.538. The number of alkyl halides is 1. The maximum atomic E-state index is 12.0. The first-order valence-corrected chi connectivity index (χ1v) is 8.91. The normalized spacial score (nSPS) is 17.2. The number of benzene rings is 1. The number of halogens is 1. The average molecular weight is 332 g/mol. The Bertz CT molecular complexity index is 495. The maximum absolute atomic E-state index is 12.0. The summed E-state index contributed by atoms with van der Waals surface area (Å²) in [7, 11) is -3.14. The maximum Gasteiger partial charge on any atom is 0.214 e. The predicted molar refractivity (Wildman–Crippen MR) is 77.1 cm³/mol. The first kappa shape index (κ1) is 14.0. The third kappa shape index (κ3) is 3.56. The molecule has 0 saturated heterocycles. The smallest absolute Gasteiger partial charge is 0.212 e. The van der Waals surface area contributed by atoms with Crippen LogP contribution in [-0.2, 0) is 21.9 Å². The van der Waals surface area contributed by atoms with Crippen molar-refractivity contribution in [1.29, 1.82) is 0 Å². The largest absolute Gasteiger partial charge is 0.214 e. The summed E-state index contributed by atoms with van der Waals surface area (Å²) in [5.41, 5.74) is 2.17. The number of sulfonamides is 1. The van der Waals surface area contributed by atoms with Gasteiger partial charge in [0.1, 0.15) is 0 Å². The molecule has 1 fully saturated rings. The van der Waals surface area contributed by atoms with Crippen molar-refractivity contribution in [2.24, 2.45) is 0 Å². The minimum absolute atomic E-state index is 0.183. The van der Waals surface area contributed by atoms with E-state index in [2.05, 4.69) is 20.7 Å². The van der Waals surface area contributed by atoms with Crippen molar-refractivity contribution in [3.63, 3.8) is 0 Å². The van der Waals surface area contributed by atoms with E-state index in [1.54, 1.807) is 0 Å². The Morgan fingerprint density at radius 3 is 2.56 bits per heavy atom. The minimum atomic E-state index is -3.14. The summed E-state index contributed by atoms with van der Waals surface area (Å²) >= 11 is 3.40. The molecule has 100 valence electrons. The third-order valence-electron chi connectivity index (χ3n) is 3.36. The van der Waals surface area contributed by atoms with Crippen LogP contribution >= 0.6 is 15.9 Å². The molecular formula is C13H18BrNO2S. The standard InChI is InChI=1S/C13H18BrNO2S/c14-9-11-4-3-5-12(8-11)10-15-18(16,17)13-6-1-2-7-13/h3-5,8,13,15H,1-2,6-7,9-10H2. The van der Waals surface area contributed by atoms with Crippen molar-refractivity contribution in [3.05, 3.63) is 35.4 Å². The molecule has 0 heterocycles. The van der Waals surface area contributed by atoms with Gasteiger partial charge in [0, 0.05) is 11.9 Å². The van der Waals surface area contributed by atoms with Crippen LogP contribution in [0.15, 0.2) is 24.3 Å². The number of nitrogens with one attached hydrogen (secondary N) is 1. The van der Waals surface area contributed by atoms with E-state index < -0.39 is 10.0 Å². The number of rotatable bonds is 5. The molecule has 1 N–H and O–H groups in total. The van der Waals surface area contributed by atoms with Crippen LogP contribution in [0.1, 0.15) is 36.8 Å². The molecule has 0 unspecified atom stereocenters. The highest BCUT2D eigenvalue weighted by Crippen LogP contribution is 2.24. The van der Waals surface area contributed by atoms with Gasteiger partial charge >= 0.3 is 0 Å². The highest BCUT2D eigenvalue weighted by molar-refractivity contribution is 9.08. The summed E-state index contributed by atoms with van der Waals surface area (Å²) in [6.07, 6.45) is 3.67. The quantitative estimate of drug-likeness (QED) is 0.843. The van der Waals surface area contributed by atoms with Crippen LogP contribution in [0.25, 0.3) is 0 Å². The van der Waals surface area contributed by atoms with Gasteiger partial charge in [0.2, 0.25) is 10.0 Å². The molecule has 0 aliphatic heterocycles. The molecule has 0 bridgehead atoms. The second-order valence-electron chi connectivity index (χ2n) is 4.73. The lowest BCUT2D eigenvalue weighted by Crippen LogP contribution is -2.32. The van der Waals surface area contributed by atoms with Crippen LogP contribution in [0.5, 0.6) is 0 Å². The first-order valence-electron chi connectivity index (χ1n) is 6.24. The van der Waals surface area contributed by atoms with Crippen molar-refractivity contribution in [2.75, 3.05) is 0 Å². The van der Waals surface area contributed by atoms with Gasteiger partial charge in [-0.15, -0.1) is 0 Å². The molecule has 18 heavy (non-hydrogen) atoms. The SMILES string of the molecule is O=S(=O)(NCc1cccc(CBr)c1)C1CCCC1. The second kappa shape index (κ2) is 6.17. The summed E-state index contributed by atoms with van der Waals surface area (Å²) in [5.74, 6) is 0. The van der Waals surface area contributed by atoms with Gasteiger partial charge in [-0.05, 0) is 24.0 Å². The monoisotopic (exact) mass is 331 g/mol. The molecule has 0 radical (unpaired) electrons. The molecule has 0 aromatic heterocycles. The zero-order chi connectivity index (χ0) is 13.0. The second-order valence-corrected chi connectivity index (χ2v) is 7.33. The van der Waals surface area contributed by atoms with Crippen LogP contribution in [0, 0.1) is 0 Å². The molecule has 0 spiro atoms. The number of hydrogen-bond donors (Lipinski definition) is 1. The van der Waals surface area contributed by atoms with Crippen LogP contribution in [-0.4, -0.2) is 13.7 Å². The highest BCUT2D eigenvalue weighted by Gasteiger charge is 2.28. The van der Waals surface area contributed by atoms with Crippen LogP contribution in [0.4, 0.5) is 0 Å². The third-order valence-corrected chi connectivity index (χ3v) is 5.91. The molecule has 2 rings (SSSR count).